The second-order valence-electron chi connectivity index (χ2n) is 26.8. The molecule has 5 heterocycles. The molecule has 5 aromatic carbocycles. The quantitative estimate of drug-likeness (QED) is 0.0129. The Kier molecular flexibility index (Phi) is 26.1. The number of fused-ring (bicyclic) bond motifs is 1. The Hall–Kier alpha value is -7.87. The fourth-order valence-electron chi connectivity index (χ4n) is 13.3. The van der Waals surface area contributed by atoms with Crippen LogP contribution in [0.1, 0.15) is 108 Å². The van der Waals surface area contributed by atoms with Crippen molar-refractivity contribution in [2.75, 3.05) is 126 Å². The molecule has 0 radical (unpaired) electrons. The minimum absolute atomic E-state index is 0.00396. The molecule has 0 spiro atoms. The molecule has 2 atom stereocenters. The number of ether oxygens (including phenoxy) is 3. The summed E-state index contributed by atoms with van der Waals surface area (Å²) in [4.78, 5) is 87.2. The van der Waals surface area contributed by atoms with Crippen molar-refractivity contribution in [3.05, 3.63) is 160 Å². The molecule has 1 aliphatic carbocycles. The van der Waals surface area contributed by atoms with Gasteiger partial charge in [-0.15, -0.1) is 16.9 Å². The number of thioether (sulfide) groups is 1. The molecule has 1 unspecified atom stereocenters. The zero-order chi connectivity index (χ0) is 72.7. The van der Waals surface area contributed by atoms with Crippen LogP contribution in [0.5, 0.6) is 0 Å². The molecule has 30 heteroatoms. The molecule has 11 rings (SSSR count). The van der Waals surface area contributed by atoms with Crippen LogP contribution in [0.15, 0.2) is 142 Å². The molecule has 3 fully saturated rings. The number of benzene rings is 5. The van der Waals surface area contributed by atoms with Crippen molar-refractivity contribution >= 4 is 103 Å². The average Bonchev–Trinajstić information content (AvgIpc) is 1.64. The van der Waals surface area contributed by atoms with Crippen LogP contribution in [0.2, 0.25) is 5.02 Å². The smallest absolute Gasteiger partial charge is 0.382 e. The number of sulfone groups is 1. The molecule has 550 valence electrons. The van der Waals surface area contributed by atoms with E-state index in [1.54, 1.807) is 35.1 Å². The van der Waals surface area contributed by atoms with Crippen LogP contribution in [-0.4, -0.2) is 207 Å². The van der Waals surface area contributed by atoms with E-state index in [0.29, 0.717) is 114 Å². The highest BCUT2D eigenvalue weighted by atomic mass is 35.5. The highest BCUT2D eigenvalue weighted by Crippen LogP contribution is 2.44. The topological polar surface area (TPSA) is 259 Å². The van der Waals surface area contributed by atoms with Gasteiger partial charge in [-0.1, -0.05) is 72.6 Å². The van der Waals surface area contributed by atoms with Gasteiger partial charge in [0.15, 0.2) is 0 Å². The fraction of sp³-hybridized carbons (Fsp3) is 0.452. The molecule has 0 bridgehead atoms. The number of carbonyl (C=O) groups excluding carboxylic acids is 6. The number of hydrogen-bond donors (Lipinski definition) is 4. The lowest BCUT2D eigenvalue weighted by Crippen LogP contribution is -2.54. The van der Waals surface area contributed by atoms with Gasteiger partial charge in [0.25, 0.3) is 27.6 Å². The van der Waals surface area contributed by atoms with Gasteiger partial charge in [-0.25, -0.2) is 8.42 Å². The number of alkyl halides is 3. The van der Waals surface area contributed by atoms with Gasteiger partial charge in [-0.2, -0.15) is 13.2 Å². The van der Waals surface area contributed by atoms with Crippen LogP contribution in [0.3, 0.4) is 0 Å². The minimum atomic E-state index is -5.87. The maximum absolute atomic E-state index is 14.5. The summed E-state index contributed by atoms with van der Waals surface area (Å²) in [6, 6.07) is 31.9. The van der Waals surface area contributed by atoms with Gasteiger partial charge in [0.2, 0.25) is 17.7 Å². The van der Waals surface area contributed by atoms with E-state index in [0.717, 1.165) is 90.5 Å². The highest BCUT2D eigenvalue weighted by molar-refractivity contribution is 7.99. The zero-order valence-electron chi connectivity index (χ0n) is 57.6. The molecular formula is C73H86ClF3N12O11S3. The van der Waals surface area contributed by atoms with Gasteiger partial charge in [-0.3, -0.25) is 58.2 Å². The number of nitrogens with one attached hydrogen (secondary N) is 4. The highest BCUT2D eigenvalue weighted by Gasteiger charge is 2.49. The van der Waals surface area contributed by atoms with E-state index in [-0.39, 0.29) is 59.1 Å². The molecule has 5 aliphatic rings. The van der Waals surface area contributed by atoms with Crippen LogP contribution < -0.4 is 25.6 Å². The predicted molar refractivity (Wildman–Crippen MR) is 388 cm³/mol. The number of piperazine rings is 2. The van der Waals surface area contributed by atoms with E-state index in [2.05, 4.69) is 71.7 Å². The number of rotatable bonds is 33. The second kappa shape index (κ2) is 35.3. The number of hydrogen-bond acceptors (Lipinski definition) is 20. The summed E-state index contributed by atoms with van der Waals surface area (Å²) in [5.74, 6) is -2.39. The maximum Gasteiger partial charge on any atom is 0.501 e. The largest absolute Gasteiger partial charge is 0.501 e. The van der Waals surface area contributed by atoms with Gasteiger partial charge in [0.05, 0.1) is 62.7 Å². The first kappa shape index (κ1) is 76.3. The summed E-state index contributed by atoms with van der Waals surface area (Å²) in [6.45, 7) is 14.0. The first-order valence-corrected chi connectivity index (χ1v) is 38.3. The summed E-state index contributed by atoms with van der Waals surface area (Å²) in [5.41, 5.74) is 1.25. The molecule has 4 N–H and O–H groups in total. The standard InChI is InChI=1S/C73H86ClF3N12O11S3/c1-72(2)27-25-59(50-13-17-53(74)18-14-50)52(45-72)46-85-33-35-86(36-34-85)56-19-15-51(16-20-56)68(92)82-102-58-21-22-61(64(44-58)103(96,97)73(75,76)77)79-54(49-101-57-8-4-3-5-9-57)26-30-84-31-37-87(38-32-84)66(91)12-7-29-88-47-55(81-83-88)48-100-43-42-99-41-40-98-39-28-78-62-11-6-10-60-67(62)71(95)89(70(60)94)63-23-24-65(90)80-69(63)93/h3-6,8-11,13-22,44,47,54,63,78-79H,7,12,23-43,45-46,48-49H2,1-2H3,(H,82,92)(H,80,90,93)/t54-,63?/m1/s1. The number of piperidine rings is 1. The second-order valence-corrected chi connectivity index (χ2v) is 31.1. The monoisotopic (exact) mass is 1490 g/mol. The van der Waals surface area contributed by atoms with Crippen molar-refractivity contribution in [2.45, 2.75) is 111 Å². The summed E-state index contributed by atoms with van der Waals surface area (Å²) < 4.78 is 91.6. The van der Waals surface area contributed by atoms with Crippen molar-refractivity contribution in [3.8, 4) is 0 Å². The number of nitrogens with zero attached hydrogens (tertiary/aromatic N) is 8. The molecule has 3 saturated heterocycles. The maximum atomic E-state index is 14.5. The van der Waals surface area contributed by atoms with Gasteiger partial charge >= 0.3 is 5.51 Å². The van der Waals surface area contributed by atoms with E-state index in [9.17, 15) is 50.4 Å². The third kappa shape index (κ3) is 20.4. The zero-order valence-corrected chi connectivity index (χ0v) is 60.8. The van der Waals surface area contributed by atoms with Gasteiger partial charge in [0.1, 0.15) is 16.6 Å². The number of amides is 6. The number of imide groups is 2. The van der Waals surface area contributed by atoms with Crippen molar-refractivity contribution < 1.29 is 64.6 Å². The van der Waals surface area contributed by atoms with Crippen molar-refractivity contribution in [1.29, 1.82) is 0 Å². The first-order valence-electron chi connectivity index (χ1n) is 34.7. The molecule has 4 aliphatic heterocycles. The minimum Gasteiger partial charge on any atom is -0.382 e. The number of aryl methyl sites for hydroxylation is 1. The summed E-state index contributed by atoms with van der Waals surface area (Å²) in [5, 5.41) is 17.6. The molecule has 23 nitrogen and oxygen atoms in total. The number of carbonyl (C=O) groups is 6. The molecule has 6 amide bonds. The lowest BCUT2D eigenvalue weighted by atomic mass is 9.73. The lowest BCUT2D eigenvalue weighted by molar-refractivity contribution is -0.136. The van der Waals surface area contributed by atoms with E-state index in [1.165, 1.54) is 46.7 Å². The number of aromatic nitrogens is 3. The first-order chi connectivity index (χ1) is 49.5. The Bertz CT molecular complexity index is 4120. The van der Waals surface area contributed by atoms with E-state index >= 15 is 0 Å². The van der Waals surface area contributed by atoms with Crippen LogP contribution in [0.25, 0.3) is 5.57 Å². The third-order valence-corrected chi connectivity index (χ3v) is 22.6. The fourth-order valence-corrected chi connectivity index (χ4v) is 16.1. The molecular weight excluding hydrogens is 1410 g/mol. The van der Waals surface area contributed by atoms with Crippen molar-refractivity contribution in [3.63, 3.8) is 0 Å². The number of allylic oxidation sites excluding steroid dienone is 1. The van der Waals surface area contributed by atoms with E-state index in [4.69, 9.17) is 25.8 Å². The predicted octanol–water partition coefficient (Wildman–Crippen LogP) is 10.1. The van der Waals surface area contributed by atoms with Crippen LogP contribution >= 0.6 is 35.3 Å². The third-order valence-electron chi connectivity index (χ3n) is 18.9. The van der Waals surface area contributed by atoms with Crippen LogP contribution in [-0.2, 0) is 51.6 Å². The number of anilines is 3. The van der Waals surface area contributed by atoms with Gasteiger partial charge in [-0.05, 0) is 146 Å². The summed E-state index contributed by atoms with van der Waals surface area (Å²) >= 11 is 8.46. The molecule has 6 aromatic rings. The SMILES string of the molecule is CC1(C)CCC(c2ccc(Cl)cc2)=C(CN2CCN(c3ccc(C(=O)NSc4ccc(N[C@H](CCN5CCN(C(=O)CCCn6cc(COCCOCCOCCNc7cccc8c7C(=O)N(C7CCC(=O)NC7=O)C8=O)nn6)CC5)CSc5ccccc5)c(S(=O)(=O)C(F)(F)F)c4)cc3)CC2)C1. The Morgan fingerprint density at radius 2 is 1.50 bits per heavy atom. The van der Waals surface area contributed by atoms with Crippen LogP contribution in [0.4, 0.5) is 30.2 Å². The average molecular weight is 1500 g/mol. The summed E-state index contributed by atoms with van der Waals surface area (Å²) in [6.07, 6.45) is 6.34. The Morgan fingerprint density at radius 1 is 0.777 bits per heavy atom. The van der Waals surface area contributed by atoms with E-state index < -0.39 is 61.9 Å². The Balaban J connectivity index is 0.582. The van der Waals surface area contributed by atoms with E-state index in [1.807, 2.05) is 59.5 Å². The lowest BCUT2D eigenvalue weighted by Gasteiger charge is -2.39. The molecule has 0 saturated carbocycles. The van der Waals surface area contributed by atoms with Gasteiger partial charge in [0, 0.05) is 135 Å². The molecule has 103 heavy (non-hydrogen) atoms. The van der Waals surface area contributed by atoms with Crippen molar-refractivity contribution in [2.24, 2.45) is 5.41 Å². The Morgan fingerprint density at radius 3 is 2.22 bits per heavy atom. The molecule has 1 aromatic heterocycles. The number of halogens is 4. The van der Waals surface area contributed by atoms with Crippen LogP contribution in [0, 0.1) is 5.41 Å². The van der Waals surface area contributed by atoms with Gasteiger partial charge < -0.3 is 34.6 Å². The van der Waals surface area contributed by atoms with Crippen molar-refractivity contribution in [1.82, 2.24) is 44.6 Å². The summed E-state index contributed by atoms with van der Waals surface area (Å²) in [7, 11) is -5.87. The Labute approximate surface area is 611 Å². The normalized spacial score (nSPS) is 17.9.